The highest BCUT2D eigenvalue weighted by Gasteiger charge is 2.30. The molecule has 1 saturated heterocycles. The van der Waals surface area contributed by atoms with E-state index >= 15 is 0 Å². The SMILES string of the molecule is C=C1CC(c2cc(C)ccc2/C(C=NC)=C/N)OC1=O. The first-order valence-corrected chi connectivity index (χ1v) is 6.40. The number of aliphatic imine (C=N–C) groups is 1. The summed E-state index contributed by atoms with van der Waals surface area (Å²) in [7, 11) is 1.69. The molecule has 0 radical (unpaired) electrons. The fraction of sp³-hybridized carbons (Fsp3) is 0.250. The summed E-state index contributed by atoms with van der Waals surface area (Å²) < 4.78 is 5.38. The summed E-state index contributed by atoms with van der Waals surface area (Å²) in [6, 6.07) is 5.98. The molecule has 1 aliphatic heterocycles. The number of ether oxygens (including phenoxy) is 1. The van der Waals surface area contributed by atoms with Crippen LogP contribution in [0.5, 0.6) is 0 Å². The number of nitrogens with two attached hydrogens (primary N) is 1. The Kier molecular flexibility index (Phi) is 4.03. The lowest BCUT2D eigenvalue weighted by molar-refractivity contribution is -0.139. The number of hydrogen-bond donors (Lipinski definition) is 1. The van der Waals surface area contributed by atoms with Gasteiger partial charge in [-0.2, -0.15) is 0 Å². The van der Waals surface area contributed by atoms with Crippen LogP contribution < -0.4 is 5.73 Å². The monoisotopic (exact) mass is 270 g/mol. The van der Waals surface area contributed by atoms with Crippen LogP contribution in [0.4, 0.5) is 0 Å². The average molecular weight is 270 g/mol. The molecule has 0 aliphatic carbocycles. The van der Waals surface area contributed by atoms with Crippen molar-refractivity contribution < 1.29 is 9.53 Å². The third-order valence-corrected chi connectivity index (χ3v) is 3.28. The zero-order valence-electron chi connectivity index (χ0n) is 11.7. The number of nitrogens with zero attached hydrogens (tertiary/aromatic N) is 1. The Morgan fingerprint density at radius 3 is 2.85 bits per heavy atom. The van der Waals surface area contributed by atoms with Crippen LogP contribution >= 0.6 is 0 Å². The van der Waals surface area contributed by atoms with E-state index < -0.39 is 0 Å². The minimum Gasteiger partial charge on any atom is -0.454 e. The first-order valence-electron chi connectivity index (χ1n) is 6.40. The van der Waals surface area contributed by atoms with Gasteiger partial charge < -0.3 is 10.5 Å². The Hall–Kier alpha value is -2.36. The molecule has 4 nitrogen and oxygen atoms in total. The molecule has 2 rings (SSSR count). The van der Waals surface area contributed by atoms with Crippen LogP contribution in [-0.4, -0.2) is 19.2 Å². The van der Waals surface area contributed by atoms with E-state index in [9.17, 15) is 4.79 Å². The number of hydrogen-bond acceptors (Lipinski definition) is 4. The molecular formula is C16H18N2O2. The number of carbonyl (C=O) groups is 1. The van der Waals surface area contributed by atoms with E-state index in [0.717, 1.165) is 22.3 Å². The van der Waals surface area contributed by atoms with Crippen molar-refractivity contribution in [3.05, 3.63) is 53.2 Å². The number of aryl methyl sites for hydroxylation is 1. The van der Waals surface area contributed by atoms with Gasteiger partial charge in [0, 0.05) is 42.6 Å². The van der Waals surface area contributed by atoms with E-state index in [2.05, 4.69) is 11.6 Å². The molecule has 2 N–H and O–H groups in total. The van der Waals surface area contributed by atoms with E-state index in [1.807, 2.05) is 25.1 Å². The Morgan fingerprint density at radius 2 is 2.30 bits per heavy atom. The number of rotatable bonds is 3. The first kappa shape index (κ1) is 14.1. The van der Waals surface area contributed by atoms with Crippen LogP contribution in [0.1, 0.15) is 29.2 Å². The third kappa shape index (κ3) is 2.64. The fourth-order valence-electron chi connectivity index (χ4n) is 2.29. The molecule has 0 saturated carbocycles. The number of esters is 1. The lowest BCUT2D eigenvalue weighted by atomic mass is 9.93. The van der Waals surface area contributed by atoms with Gasteiger partial charge in [0.05, 0.1) is 0 Å². The second kappa shape index (κ2) is 5.74. The van der Waals surface area contributed by atoms with Crippen LogP contribution in [0.2, 0.25) is 0 Å². The van der Waals surface area contributed by atoms with Crippen LogP contribution in [-0.2, 0) is 9.53 Å². The number of cyclic esters (lactones) is 1. The van der Waals surface area contributed by atoms with Crippen molar-refractivity contribution in [2.45, 2.75) is 19.4 Å². The molecule has 4 heteroatoms. The van der Waals surface area contributed by atoms with Crippen molar-refractivity contribution >= 4 is 17.8 Å². The summed E-state index contributed by atoms with van der Waals surface area (Å²) in [5.41, 5.74) is 9.94. The highest BCUT2D eigenvalue weighted by Crippen LogP contribution is 2.36. The Morgan fingerprint density at radius 1 is 1.55 bits per heavy atom. The standard InChI is InChI=1S/C16H18N2O2/c1-10-4-5-13(12(8-17)9-18-3)14(6-10)15-7-11(2)16(19)20-15/h4-6,8-9,15H,2,7,17H2,1,3H3/b12-8+,18-9?. The molecule has 0 spiro atoms. The fourth-order valence-corrected chi connectivity index (χ4v) is 2.29. The van der Waals surface area contributed by atoms with E-state index in [4.69, 9.17) is 10.5 Å². The van der Waals surface area contributed by atoms with Crippen molar-refractivity contribution in [3.63, 3.8) is 0 Å². The lowest BCUT2D eigenvalue weighted by Gasteiger charge is -2.16. The summed E-state index contributed by atoms with van der Waals surface area (Å²) in [6.45, 7) is 5.72. The molecule has 1 aliphatic rings. The molecule has 0 amide bonds. The summed E-state index contributed by atoms with van der Waals surface area (Å²) >= 11 is 0. The highest BCUT2D eigenvalue weighted by atomic mass is 16.5. The Balaban J connectivity index is 2.49. The van der Waals surface area contributed by atoms with Crippen molar-refractivity contribution in [3.8, 4) is 0 Å². The van der Waals surface area contributed by atoms with Crippen molar-refractivity contribution in [2.75, 3.05) is 7.05 Å². The maximum atomic E-state index is 11.5. The van der Waals surface area contributed by atoms with Gasteiger partial charge in [0.15, 0.2) is 0 Å². The van der Waals surface area contributed by atoms with Gasteiger partial charge in [-0.3, -0.25) is 4.99 Å². The molecule has 0 aromatic heterocycles. The van der Waals surface area contributed by atoms with Gasteiger partial charge in [-0.15, -0.1) is 0 Å². The molecule has 1 atom stereocenters. The number of carbonyl (C=O) groups excluding carboxylic acids is 1. The zero-order valence-corrected chi connectivity index (χ0v) is 11.7. The molecule has 1 fully saturated rings. The number of benzene rings is 1. The third-order valence-electron chi connectivity index (χ3n) is 3.28. The predicted octanol–water partition coefficient (Wildman–Crippen LogP) is 2.54. The van der Waals surface area contributed by atoms with Crippen LogP contribution in [0.15, 0.2) is 41.5 Å². The molecule has 1 unspecified atom stereocenters. The van der Waals surface area contributed by atoms with Crippen molar-refractivity contribution in [1.29, 1.82) is 0 Å². The van der Waals surface area contributed by atoms with E-state index in [1.54, 1.807) is 13.3 Å². The largest absolute Gasteiger partial charge is 0.454 e. The smallest absolute Gasteiger partial charge is 0.334 e. The maximum Gasteiger partial charge on any atom is 0.334 e. The van der Waals surface area contributed by atoms with Crippen molar-refractivity contribution in [2.24, 2.45) is 10.7 Å². The van der Waals surface area contributed by atoms with Crippen LogP contribution in [0.25, 0.3) is 5.57 Å². The molecule has 0 bridgehead atoms. The molecule has 1 aromatic rings. The summed E-state index contributed by atoms with van der Waals surface area (Å²) in [4.78, 5) is 15.5. The van der Waals surface area contributed by atoms with E-state index in [1.165, 1.54) is 6.20 Å². The Labute approximate surface area is 118 Å². The van der Waals surface area contributed by atoms with Gasteiger partial charge >= 0.3 is 5.97 Å². The Bertz CT molecular complexity index is 599. The predicted molar refractivity (Wildman–Crippen MR) is 80.3 cm³/mol. The molecule has 1 heterocycles. The van der Waals surface area contributed by atoms with Gasteiger partial charge in [0.25, 0.3) is 0 Å². The lowest BCUT2D eigenvalue weighted by Crippen LogP contribution is -2.04. The minimum absolute atomic E-state index is 0.301. The highest BCUT2D eigenvalue weighted by molar-refractivity contribution is 6.10. The molecular weight excluding hydrogens is 252 g/mol. The molecule has 104 valence electrons. The summed E-state index contributed by atoms with van der Waals surface area (Å²) in [5, 5.41) is 0. The van der Waals surface area contributed by atoms with Gasteiger partial charge in [-0.25, -0.2) is 4.79 Å². The normalized spacial score (nSPS) is 19.7. The van der Waals surface area contributed by atoms with Gasteiger partial charge in [-0.1, -0.05) is 30.3 Å². The quantitative estimate of drug-likeness (QED) is 0.521. The topological polar surface area (TPSA) is 64.7 Å². The second-order valence-electron chi connectivity index (χ2n) is 4.80. The number of allylic oxidation sites excluding steroid dienone is 1. The maximum absolute atomic E-state index is 11.5. The van der Waals surface area contributed by atoms with Crippen LogP contribution in [0.3, 0.4) is 0 Å². The van der Waals surface area contributed by atoms with E-state index in [0.29, 0.717) is 12.0 Å². The summed E-state index contributed by atoms with van der Waals surface area (Å²) in [5.74, 6) is -0.329. The van der Waals surface area contributed by atoms with Crippen LogP contribution in [0, 0.1) is 6.92 Å². The summed E-state index contributed by atoms with van der Waals surface area (Å²) in [6.07, 6.45) is 3.41. The molecule has 20 heavy (non-hydrogen) atoms. The van der Waals surface area contributed by atoms with E-state index in [-0.39, 0.29) is 12.1 Å². The zero-order chi connectivity index (χ0) is 14.7. The second-order valence-corrected chi connectivity index (χ2v) is 4.80. The van der Waals surface area contributed by atoms with Gasteiger partial charge in [0.1, 0.15) is 6.10 Å². The van der Waals surface area contributed by atoms with Gasteiger partial charge in [0.2, 0.25) is 0 Å². The first-order chi connectivity index (χ1) is 9.56. The average Bonchev–Trinajstić information content (AvgIpc) is 2.76. The van der Waals surface area contributed by atoms with Gasteiger partial charge in [-0.05, 0) is 12.5 Å². The minimum atomic E-state index is -0.329. The van der Waals surface area contributed by atoms with Crippen molar-refractivity contribution in [1.82, 2.24) is 0 Å². The molecule has 1 aromatic carbocycles.